The second-order valence-corrected chi connectivity index (χ2v) is 13.9. The van der Waals surface area contributed by atoms with Crippen molar-refractivity contribution in [3.05, 3.63) is 13.8 Å². The van der Waals surface area contributed by atoms with Gasteiger partial charge in [-0.15, -0.1) is 0 Å². The minimum absolute atomic E-state index is 0. The molecular formula is C20H42CdN2Se4Zn-2. The van der Waals surface area contributed by atoms with Crippen molar-refractivity contribution >= 4 is 70.1 Å². The molecule has 0 heterocycles. The van der Waals surface area contributed by atoms with E-state index in [1.165, 1.54) is 0 Å². The third kappa shape index (κ3) is 63.0. The van der Waals surface area contributed by atoms with Crippen molar-refractivity contribution in [2.24, 2.45) is 10.8 Å². The second kappa shape index (κ2) is 26.2. The van der Waals surface area contributed by atoms with E-state index in [-0.39, 0.29) is 57.6 Å². The molecule has 0 aromatic rings. The maximum absolute atomic E-state index is 3.77. The molecule has 0 aromatic carbocycles. The van der Waals surface area contributed by atoms with Gasteiger partial charge in [-0.05, 0) is 0 Å². The van der Waals surface area contributed by atoms with Crippen LogP contribution in [0.1, 0.15) is 69.2 Å². The summed E-state index contributed by atoms with van der Waals surface area (Å²) in [7, 11) is 0. The van der Waals surface area contributed by atoms with E-state index in [4.69, 9.17) is 0 Å². The molecule has 0 spiro atoms. The molecule has 0 aliphatic heterocycles. The monoisotopic (exact) mass is 808 g/mol. The third-order valence-corrected chi connectivity index (χ3v) is 4.21. The van der Waals surface area contributed by atoms with E-state index in [0.29, 0.717) is 0 Å². The Morgan fingerprint density at radius 1 is 0.643 bits per heavy atom. The fraction of sp³-hybridized carbons (Fsp3) is 0.800. The van der Waals surface area contributed by atoms with Gasteiger partial charge in [0.15, 0.2) is 0 Å². The minimum Gasteiger partial charge on any atom is -0.338 e. The van der Waals surface area contributed by atoms with E-state index in [9.17, 15) is 0 Å². The molecule has 0 aliphatic carbocycles. The fourth-order valence-corrected chi connectivity index (χ4v) is 3.13. The average Bonchev–Trinajstić information content (AvgIpc) is 2.37. The zero-order valence-corrected chi connectivity index (χ0v) is 34.0. The van der Waals surface area contributed by atoms with Crippen molar-refractivity contribution in [1.82, 2.24) is 9.80 Å². The van der Waals surface area contributed by atoms with E-state index < -0.39 is 0 Å². The summed E-state index contributed by atoms with van der Waals surface area (Å²) < 4.78 is 2.32. The van der Waals surface area contributed by atoms with Gasteiger partial charge >= 0.3 is 134 Å². The Bertz CT molecular complexity index is 303. The normalized spacial score (nSPS) is 9.29. The van der Waals surface area contributed by atoms with Gasteiger partial charge in [-0.25, -0.2) is 0 Å². The van der Waals surface area contributed by atoms with E-state index in [2.05, 4.69) is 156 Å². The molecular weight excluding hydrogens is 762 g/mol. The summed E-state index contributed by atoms with van der Waals surface area (Å²) in [6.45, 7) is 32.8. The van der Waals surface area contributed by atoms with Crippen LogP contribution in [0.15, 0.2) is 0 Å². The Morgan fingerprint density at radius 2 is 0.750 bits per heavy atom. The van der Waals surface area contributed by atoms with Crippen LogP contribution in [-0.2, 0) is 46.8 Å². The first-order valence-electron chi connectivity index (χ1n) is 9.06. The summed E-state index contributed by atoms with van der Waals surface area (Å²) in [4.78, 5) is 4.44. The molecule has 0 bridgehead atoms. The van der Waals surface area contributed by atoms with Crippen molar-refractivity contribution in [3.8, 4) is 0 Å². The maximum Gasteiger partial charge on any atom is 0 e. The van der Waals surface area contributed by atoms with Gasteiger partial charge in [0.05, 0.1) is 0 Å². The van der Waals surface area contributed by atoms with Crippen LogP contribution in [0.3, 0.4) is 0 Å². The second-order valence-electron chi connectivity index (χ2n) is 8.00. The van der Waals surface area contributed by atoms with E-state index in [1.54, 1.807) is 0 Å². The Balaban J connectivity index is -0.0000000576. The van der Waals surface area contributed by atoms with E-state index >= 15 is 0 Å². The predicted octanol–water partition coefficient (Wildman–Crippen LogP) is 3.23. The van der Waals surface area contributed by atoms with Gasteiger partial charge in [-0.1, -0.05) is 41.5 Å². The molecule has 0 aliphatic rings. The first kappa shape index (κ1) is 44.6. The Morgan fingerprint density at radius 3 is 0.750 bits per heavy atom. The van der Waals surface area contributed by atoms with Crippen LogP contribution in [0.5, 0.6) is 0 Å². The molecule has 0 rings (SSSR count). The molecule has 8 heteroatoms. The molecule has 0 unspecified atom stereocenters. The van der Waals surface area contributed by atoms with Crippen LogP contribution in [-0.4, -0.2) is 106 Å². The van der Waals surface area contributed by atoms with Gasteiger partial charge in [0.1, 0.15) is 0 Å². The molecule has 0 N–H and O–H groups in total. The molecule has 0 amide bonds. The van der Waals surface area contributed by atoms with E-state index in [0.717, 1.165) is 33.1 Å². The zero-order chi connectivity index (χ0) is 22.1. The minimum atomic E-state index is 0. The summed E-state index contributed by atoms with van der Waals surface area (Å²) in [6, 6.07) is 0. The van der Waals surface area contributed by atoms with Gasteiger partial charge in [-0.2, -0.15) is 10.8 Å². The number of hydrogen-bond acceptors (Lipinski definition) is 2. The van der Waals surface area contributed by atoms with Crippen LogP contribution in [0, 0.1) is 24.7 Å². The quantitative estimate of drug-likeness (QED) is 0.301. The maximum atomic E-state index is 3.77. The van der Waals surface area contributed by atoms with Crippen molar-refractivity contribution in [2.75, 3.05) is 26.2 Å². The largest absolute Gasteiger partial charge is 0.338 e. The van der Waals surface area contributed by atoms with Gasteiger partial charge in [0.2, 0.25) is 0 Å². The molecule has 0 fully saturated rings. The molecule has 0 atom stereocenters. The average molecular weight is 804 g/mol. The Hall–Kier alpha value is 2.96. The van der Waals surface area contributed by atoms with Crippen molar-refractivity contribution in [3.63, 3.8) is 0 Å². The third-order valence-electron chi connectivity index (χ3n) is 2.04. The Kier molecular flexibility index (Phi) is 41.8. The molecule has 28 heavy (non-hydrogen) atoms. The molecule has 2 radical (unpaired) electrons. The van der Waals surface area contributed by atoms with Crippen LogP contribution in [0.2, 0.25) is 0 Å². The van der Waals surface area contributed by atoms with Crippen LogP contribution < -0.4 is 0 Å². The van der Waals surface area contributed by atoms with Gasteiger partial charge < -0.3 is 13.8 Å². The Labute approximate surface area is 243 Å². The first-order valence-corrected chi connectivity index (χ1v) is 12.5. The SMILES string of the molecule is CCN(CC)C([Se])=[Se].CCN(CC)C([Se])=[Se].[CH2-]C(C)(C)C.[CH2-]C(C)(C)C.[Cd].[Zn]. The van der Waals surface area contributed by atoms with Crippen molar-refractivity contribution < 1.29 is 46.8 Å². The molecule has 0 saturated carbocycles. The topological polar surface area (TPSA) is 6.48 Å². The number of hydrogen-bond donors (Lipinski definition) is 0. The number of nitrogens with zero attached hydrogens (tertiary/aromatic N) is 2. The summed E-state index contributed by atoms with van der Waals surface area (Å²) in [5.41, 5.74) is 0.500. The van der Waals surface area contributed by atoms with Crippen LogP contribution >= 0.6 is 0 Å². The standard InChI is InChI=1S/2C5H10NSe2.2C5H11.Cd.Zn/c2*1-3-6(4-2)5(7)8;2*1-5(2,3)4;;/h2*3-4H2,1-2H3;2*1H2,2-4H3;;/q;;2*-1;;. The zero-order valence-electron chi connectivity index (χ0n) is 20.2. The summed E-state index contributed by atoms with van der Waals surface area (Å²) in [5, 5.41) is 0. The van der Waals surface area contributed by atoms with Crippen LogP contribution in [0.4, 0.5) is 0 Å². The summed E-state index contributed by atoms with van der Waals surface area (Å²) in [6.07, 6.45) is 0. The number of rotatable bonds is 6. The van der Waals surface area contributed by atoms with Gasteiger partial charge in [-0.3, -0.25) is 0 Å². The van der Waals surface area contributed by atoms with Crippen LogP contribution in [0.25, 0.3) is 0 Å². The van der Waals surface area contributed by atoms with Crippen molar-refractivity contribution in [2.45, 2.75) is 69.2 Å². The summed E-state index contributed by atoms with van der Waals surface area (Å²) in [5.74, 6) is 0. The van der Waals surface area contributed by atoms with Gasteiger partial charge in [0, 0.05) is 46.8 Å². The first-order chi connectivity index (χ1) is 11.4. The molecule has 0 saturated heterocycles. The summed E-state index contributed by atoms with van der Waals surface area (Å²) >= 11 is 11.7. The fourth-order valence-electron chi connectivity index (χ4n) is 0.964. The smallest absolute Gasteiger partial charge is 0 e. The van der Waals surface area contributed by atoms with Gasteiger partial charge in [0.25, 0.3) is 0 Å². The van der Waals surface area contributed by atoms with Crippen molar-refractivity contribution in [1.29, 1.82) is 0 Å². The predicted molar refractivity (Wildman–Crippen MR) is 128 cm³/mol. The molecule has 2 nitrogen and oxygen atoms in total. The molecule has 0 aromatic heterocycles. The molecule has 162 valence electrons. The van der Waals surface area contributed by atoms with E-state index in [1.807, 2.05) is 0 Å².